The van der Waals surface area contributed by atoms with E-state index in [0.717, 1.165) is 15.9 Å². The molecular weight excluding hydrogens is 299 g/mol. The smallest absolute Gasteiger partial charge is 0.126 e. The summed E-state index contributed by atoms with van der Waals surface area (Å²) >= 11 is 2.25. The molecule has 1 N–H and O–H groups in total. The number of hydrogen-bond acceptors (Lipinski definition) is 2. The molecule has 0 spiro atoms. The molecular formula is C12H11IN2. The fourth-order valence-corrected chi connectivity index (χ4v) is 1.59. The largest absolute Gasteiger partial charge is 0.366 e. The molecule has 0 saturated carbocycles. The first-order valence-corrected chi connectivity index (χ1v) is 5.82. The molecule has 0 bridgehead atoms. The van der Waals surface area contributed by atoms with Crippen molar-refractivity contribution in [1.29, 1.82) is 0 Å². The van der Waals surface area contributed by atoms with Crippen LogP contribution >= 0.6 is 22.6 Å². The van der Waals surface area contributed by atoms with E-state index in [2.05, 4.69) is 45.0 Å². The van der Waals surface area contributed by atoms with Crippen LogP contribution in [0.3, 0.4) is 0 Å². The molecule has 0 fully saturated rings. The van der Waals surface area contributed by atoms with Crippen molar-refractivity contribution in [2.24, 2.45) is 0 Å². The van der Waals surface area contributed by atoms with E-state index < -0.39 is 0 Å². The second-order valence-electron chi connectivity index (χ2n) is 3.20. The van der Waals surface area contributed by atoms with E-state index in [1.54, 1.807) is 0 Å². The number of pyridine rings is 1. The van der Waals surface area contributed by atoms with Gasteiger partial charge in [-0.15, -0.1) is 0 Å². The quantitative estimate of drug-likeness (QED) is 0.880. The van der Waals surface area contributed by atoms with E-state index in [-0.39, 0.29) is 0 Å². The van der Waals surface area contributed by atoms with E-state index >= 15 is 0 Å². The zero-order chi connectivity index (χ0) is 10.5. The van der Waals surface area contributed by atoms with E-state index in [0.29, 0.717) is 0 Å². The van der Waals surface area contributed by atoms with E-state index in [9.17, 15) is 0 Å². The number of nitrogens with one attached hydrogen (secondary N) is 1. The molecule has 0 aliphatic heterocycles. The van der Waals surface area contributed by atoms with Crippen molar-refractivity contribution < 1.29 is 0 Å². The minimum absolute atomic E-state index is 0.814. The molecule has 76 valence electrons. The predicted octanol–water partition coefficient (Wildman–Crippen LogP) is 3.30. The van der Waals surface area contributed by atoms with Gasteiger partial charge in [0.05, 0.1) is 0 Å². The van der Waals surface area contributed by atoms with Crippen molar-refractivity contribution in [2.75, 3.05) is 5.32 Å². The van der Waals surface area contributed by atoms with Crippen LogP contribution in [0.15, 0.2) is 48.7 Å². The predicted molar refractivity (Wildman–Crippen MR) is 70.7 cm³/mol. The van der Waals surface area contributed by atoms with Crippen LogP contribution in [0.5, 0.6) is 0 Å². The second-order valence-corrected chi connectivity index (χ2v) is 4.45. The monoisotopic (exact) mass is 310 g/mol. The first kappa shape index (κ1) is 10.4. The Labute approximate surface area is 103 Å². The van der Waals surface area contributed by atoms with Gasteiger partial charge in [-0.3, -0.25) is 0 Å². The number of anilines is 1. The Morgan fingerprint density at radius 3 is 2.53 bits per heavy atom. The van der Waals surface area contributed by atoms with E-state index in [4.69, 9.17) is 0 Å². The average Bonchev–Trinajstić information content (AvgIpc) is 2.30. The summed E-state index contributed by atoms with van der Waals surface area (Å²) in [5, 5.41) is 3.27. The highest BCUT2D eigenvalue weighted by Gasteiger charge is 1.94. The number of nitrogens with zero attached hydrogens (tertiary/aromatic N) is 1. The first-order chi connectivity index (χ1) is 7.34. The molecule has 2 rings (SSSR count). The van der Waals surface area contributed by atoms with Crippen LogP contribution in [0, 0.1) is 3.57 Å². The molecule has 0 atom stereocenters. The van der Waals surface area contributed by atoms with Crippen molar-refractivity contribution in [1.82, 2.24) is 4.98 Å². The summed E-state index contributed by atoms with van der Waals surface area (Å²) < 4.78 is 1.15. The summed E-state index contributed by atoms with van der Waals surface area (Å²) in [5.41, 5.74) is 1.26. The lowest BCUT2D eigenvalue weighted by atomic mass is 10.2. The third-order valence-corrected chi connectivity index (χ3v) is 2.68. The first-order valence-electron chi connectivity index (χ1n) is 4.74. The van der Waals surface area contributed by atoms with Gasteiger partial charge in [-0.05, 0) is 40.3 Å². The van der Waals surface area contributed by atoms with Crippen LogP contribution in [-0.2, 0) is 6.54 Å². The molecule has 2 nitrogen and oxygen atoms in total. The van der Waals surface area contributed by atoms with Crippen molar-refractivity contribution in [3.8, 4) is 0 Å². The zero-order valence-electron chi connectivity index (χ0n) is 8.15. The maximum atomic E-state index is 4.27. The van der Waals surface area contributed by atoms with Crippen molar-refractivity contribution in [3.63, 3.8) is 0 Å². The third kappa shape index (κ3) is 3.20. The van der Waals surface area contributed by atoms with Gasteiger partial charge < -0.3 is 5.32 Å². The molecule has 0 radical (unpaired) electrons. The Bertz CT molecular complexity index is 411. The molecule has 15 heavy (non-hydrogen) atoms. The second kappa shape index (κ2) is 5.11. The summed E-state index contributed by atoms with van der Waals surface area (Å²) in [5.74, 6) is 0.916. The van der Waals surface area contributed by atoms with Crippen LogP contribution in [0.2, 0.25) is 0 Å². The molecule has 0 aliphatic rings. The maximum Gasteiger partial charge on any atom is 0.126 e. The van der Waals surface area contributed by atoms with Gasteiger partial charge in [-0.25, -0.2) is 4.98 Å². The van der Waals surface area contributed by atoms with E-state index in [1.165, 1.54) is 5.56 Å². The highest BCUT2D eigenvalue weighted by Crippen LogP contribution is 2.08. The highest BCUT2D eigenvalue weighted by molar-refractivity contribution is 14.1. The normalized spacial score (nSPS) is 9.93. The van der Waals surface area contributed by atoms with Crippen LogP contribution < -0.4 is 5.32 Å². The van der Waals surface area contributed by atoms with Crippen LogP contribution in [0.25, 0.3) is 0 Å². The third-order valence-electron chi connectivity index (χ3n) is 2.04. The number of benzene rings is 1. The van der Waals surface area contributed by atoms with Gasteiger partial charge in [0.15, 0.2) is 0 Å². The van der Waals surface area contributed by atoms with Crippen molar-refractivity contribution in [3.05, 3.63) is 57.8 Å². The molecule has 0 unspecified atom stereocenters. The Kier molecular flexibility index (Phi) is 3.55. The molecule has 2 aromatic rings. The summed E-state index contributed by atoms with van der Waals surface area (Å²) in [4.78, 5) is 4.27. The Hall–Kier alpha value is -1.10. The fourth-order valence-electron chi connectivity index (χ4n) is 1.27. The summed E-state index contributed by atoms with van der Waals surface area (Å²) in [6.45, 7) is 0.814. The number of hydrogen-bond donors (Lipinski definition) is 1. The molecule has 0 amide bonds. The van der Waals surface area contributed by atoms with Gasteiger partial charge in [0.1, 0.15) is 5.82 Å². The number of rotatable bonds is 3. The van der Waals surface area contributed by atoms with Gasteiger partial charge in [0.2, 0.25) is 0 Å². The summed E-state index contributed by atoms with van der Waals surface area (Å²) in [6, 6.07) is 14.3. The van der Waals surface area contributed by atoms with Crippen LogP contribution in [-0.4, -0.2) is 4.98 Å². The summed E-state index contributed by atoms with van der Waals surface area (Å²) in [6.07, 6.45) is 1.86. The average molecular weight is 310 g/mol. The molecule has 1 aromatic carbocycles. The zero-order valence-corrected chi connectivity index (χ0v) is 10.3. The minimum Gasteiger partial charge on any atom is -0.366 e. The number of aromatic nitrogens is 1. The fraction of sp³-hybridized carbons (Fsp3) is 0.0833. The lowest BCUT2D eigenvalue weighted by Gasteiger charge is -2.04. The maximum absolute atomic E-state index is 4.27. The van der Waals surface area contributed by atoms with Gasteiger partial charge in [-0.1, -0.05) is 30.3 Å². The molecule has 1 heterocycles. The molecule has 3 heteroatoms. The van der Waals surface area contributed by atoms with Gasteiger partial charge in [0, 0.05) is 16.3 Å². The van der Waals surface area contributed by atoms with Crippen LogP contribution in [0.1, 0.15) is 5.56 Å². The number of halogens is 1. The van der Waals surface area contributed by atoms with Crippen molar-refractivity contribution >= 4 is 28.4 Å². The lowest BCUT2D eigenvalue weighted by Crippen LogP contribution is -2.00. The minimum atomic E-state index is 0.814. The highest BCUT2D eigenvalue weighted by atomic mass is 127. The van der Waals surface area contributed by atoms with Gasteiger partial charge >= 0.3 is 0 Å². The Morgan fingerprint density at radius 1 is 1.07 bits per heavy atom. The Balaban J connectivity index is 1.96. The standard InChI is InChI=1S/C12H11IN2/c13-11-6-7-12(15-9-11)14-8-10-4-2-1-3-5-10/h1-7,9H,8H2,(H,14,15). The lowest BCUT2D eigenvalue weighted by molar-refractivity contribution is 1.11. The SMILES string of the molecule is Ic1ccc(NCc2ccccc2)nc1. The van der Waals surface area contributed by atoms with Crippen molar-refractivity contribution in [2.45, 2.75) is 6.54 Å². The molecule has 1 aromatic heterocycles. The Morgan fingerprint density at radius 2 is 1.87 bits per heavy atom. The van der Waals surface area contributed by atoms with Gasteiger partial charge in [-0.2, -0.15) is 0 Å². The topological polar surface area (TPSA) is 24.9 Å². The van der Waals surface area contributed by atoms with Gasteiger partial charge in [0.25, 0.3) is 0 Å². The van der Waals surface area contributed by atoms with Crippen LogP contribution in [0.4, 0.5) is 5.82 Å². The molecule has 0 saturated heterocycles. The molecule has 0 aliphatic carbocycles. The summed E-state index contributed by atoms with van der Waals surface area (Å²) in [7, 11) is 0. The van der Waals surface area contributed by atoms with E-state index in [1.807, 2.05) is 36.5 Å².